The Bertz CT molecular complexity index is 1480. The lowest BCUT2D eigenvalue weighted by atomic mass is 10.1. The third-order valence-corrected chi connectivity index (χ3v) is 6.63. The van der Waals surface area contributed by atoms with E-state index in [9.17, 15) is 19.2 Å². The summed E-state index contributed by atoms with van der Waals surface area (Å²) in [6.45, 7) is 6.21. The Morgan fingerprint density at radius 1 is 0.872 bits per heavy atom. The number of hydrogen-bond acceptors (Lipinski definition) is 6. The Balaban J connectivity index is 1.44. The topological polar surface area (TPSA) is 105 Å². The average Bonchev–Trinajstić information content (AvgIpc) is 3.13. The third kappa shape index (κ3) is 6.18. The molecule has 1 aliphatic rings. The normalized spacial score (nSPS) is 13.1. The number of unbranched alkanes of at least 4 members (excludes halogenated alkanes) is 1. The SMILES string of the molecule is CCCCOC(=O)c1ccc(NC(=O)c2cccc(NC3=C(Cl)C(=O)N(c4ccc(C)c(C)c4)C3=O)c2)cc1. The molecule has 0 radical (unpaired) electrons. The van der Waals surface area contributed by atoms with Crippen LogP contribution in [0.4, 0.5) is 17.1 Å². The zero-order valence-electron chi connectivity index (χ0n) is 21.8. The standard InChI is InChI=1S/C30H28ClN3O5/c1-4-5-15-39-30(38)20-10-12-22(13-11-20)33-27(35)21-7-6-8-23(17-21)32-26-25(31)28(36)34(29(26)37)24-14-9-18(2)19(3)16-24/h6-14,16-17,32H,4-5,15H2,1-3H3,(H,33,35). The van der Waals surface area contributed by atoms with Gasteiger partial charge in [0.2, 0.25) is 0 Å². The first kappa shape index (κ1) is 27.6. The van der Waals surface area contributed by atoms with Crippen LogP contribution in [0, 0.1) is 13.8 Å². The molecule has 3 amide bonds. The Hall–Kier alpha value is -4.43. The number of hydrogen-bond donors (Lipinski definition) is 2. The minimum atomic E-state index is -0.626. The highest BCUT2D eigenvalue weighted by molar-refractivity contribution is 6.53. The van der Waals surface area contributed by atoms with Crippen LogP contribution in [0.5, 0.6) is 0 Å². The van der Waals surface area contributed by atoms with E-state index in [1.807, 2.05) is 26.8 Å². The minimum absolute atomic E-state index is 0.0705. The number of anilines is 3. The smallest absolute Gasteiger partial charge is 0.338 e. The molecule has 39 heavy (non-hydrogen) atoms. The summed E-state index contributed by atoms with van der Waals surface area (Å²) in [5.41, 5.74) is 3.93. The number of benzene rings is 3. The monoisotopic (exact) mass is 545 g/mol. The average molecular weight is 546 g/mol. The van der Waals surface area contributed by atoms with Gasteiger partial charge in [-0.3, -0.25) is 14.4 Å². The molecule has 9 heteroatoms. The summed E-state index contributed by atoms with van der Waals surface area (Å²) in [5.74, 6) is -2.03. The third-order valence-electron chi connectivity index (χ3n) is 6.28. The molecule has 0 unspecified atom stereocenters. The van der Waals surface area contributed by atoms with Gasteiger partial charge in [-0.05, 0) is 86.0 Å². The first-order valence-corrected chi connectivity index (χ1v) is 12.9. The van der Waals surface area contributed by atoms with Crippen LogP contribution in [0.15, 0.2) is 77.5 Å². The second-order valence-corrected chi connectivity index (χ2v) is 9.51. The van der Waals surface area contributed by atoms with Crippen molar-refractivity contribution in [3.8, 4) is 0 Å². The van der Waals surface area contributed by atoms with E-state index in [-0.39, 0.29) is 10.7 Å². The fourth-order valence-corrected chi connectivity index (χ4v) is 4.09. The van der Waals surface area contributed by atoms with Crippen LogP contribution in [-0.2, 0) is 14.3 Å². The number of imide groups is 1. The highest BCUT2D eigenvalue weighted by Gasteiger charge is 2.39. The number of ether oxygens (including phenoxy) is 1. The Labute approximate surface area is 231 Å². The van der Waals surface area contributed by atoms with E-state index < -0.39 is 23.7 Å². The van der Waals surface area contributed by atoms with Crippen LogP contribution < -0.4 is 15.5 Å². The molecule has 200 valence electrons. The summed E-state index contributed by atoms with van der Waals surface area (Å²) < 4.78 is 5.20. The van der Waals surface area contributed by atoms with Gasteiger partial charge < -0.3 is 15.4 Å². The van der Waals surface area contributed by atoms with Crippen molar-refractivity contribution in [2.45, 2.75) is 33.6 Å². The highest BCUT2D eigenvalue weighted by atomic mass is 35.5. The van der Waals surface area contributed by atoms with Crippen molar-refractivity contribution in [1.29, 1.82) is 0 Å². The molecular weight excluding hydrogens is 518 g/mol. The van der Waals surface area contributed by atoms with Gasteiger partial charge in [-0.1, -0.05) is 37.1 Å². The van der Waals surface area contributed by atoms with Gasteiger partial charge in [0.05, 0.1) is 17.9 Å². The number of nitrogens with one attached hydrogen (secondary N) is 2. The number of aryl methyl sites for hydroxylation is 2. The van der Waals surface area contributed by atoms with Gasteiger partial charge in [0.1, 0.15) is 10.7 Å². The van der Waals surface area contributed by atoms with Crippen LogP contribution in [0.1, 0.15) is 51.6 Å². The number of carbonyl (C=O) groups is 4. The lowest BCUT2D eigenvalue weighted by Crippen LogP contribution is -2.32. The molecule has 8 nitrogen and oxygen atoms in total. The molecule has 0 saturated carbocycles. The molecule has 0 spiro atoms. The van der Waals surface area contributed by atoms with Gasteiger partial charge in [-0.2, -0.15) is 0 Å². The quantitative estimate of drug-likeness (QED) is 0.196. The second kappa shape index (κ2) is 12.0. The summed E-state index contributed by atoms with van der Waals surface area (Å²) in [6.07, 6.45) is 1.73. The molecule has 0 aromatic heterocycles. The van der Waals surface area contributed by atoms with E-state index >= 15 is 0 Å². The molecule has 3 aromatic carbocycles. The fraction of sp³-hybridized carbons (Fsp3) is 0.200. The van der Waals surface area contributed by atoms with Gasteiger partial charge in [-0.15, -0.1) is 0 Å². The molecular formula is C30H28ClN3O5. The van der Waals surface area contributed by atoms with E-state index in [1.54, 1.807) is 60.7 Å². The number of amides is 3. The van der Waals surface area contributed by atoms with Crippen molar-refractivity contribution in [3.05, 3.63) is 99.7 Å². The Morgan fingerprint density at radius 3 is 2.31 bits per heavy atom. The summed E-state index contributed by atoms with van der Waals surface area (Å²) >= 11 is 6.26. The predicted octanol–water partition coefficient (Wildman–Crippen LogP) is 5.95. The number of halogens is 1. The molecule has 0 atom stereocenters. The van der Waals surface area contributed by atoms with Gasteiger partial charge in [0.15, 0.2) is 0 Å². The molecule has 0 aliphatic carbocycles. The van der Waals surface area contributed by atoms with Crippen molar-refractivity contribution in [2.24, 2.45) is 0 Å². The molecule has 1 aliphatic heterocycles. The molecule has 0 fully saturated rings. The zero-order chi connectivity index (χ0) is 28.1. The summed E-state index contributed by atoms with van der Waals surface area (Å²) in [4.78, 5) is 51.9. The first-order chi connectivity index (χ1) is 18.7. The number of carbonyl (C=O) groups excluding carboxylic acids is 4. The van der Waals surface area contributed by atoms with E-state index in [2.05, 4.69) is 10.6 Å². The largest absolute Gasteiger partial charge is 0.462 e. The highest BCUT2D eigenvalue weighted by Crippen LogP contribution is 2.31. The second-order valence-electron chi connectivity index (χ2n) is 9.13. The van der Waals surface area contributed by atoms with Gasteiger partial charge in [-0.25, -0.2) is 9.69 Å². The van der Waals surface area contributed by atoms with Gasteiger partial charge >= 0.3 is 5.97 Å². The first-order valence-electron chi connectivity index (χ1n) is 12.5. The Morgan fingerprint density at radius 2 is 1.62 bits per heavy atom. The summed E-state index contributed by atoms with van der Waals surface area (Å²) in [6, 6.07) is 18.1. The van der Waals surface area contributed by atoms with Crippen LogP contribution in [0.2, 0.25) is 0 Å². The predicted molar refractivity (Wildman–Crippen MR) is 151 cm³/mol. The van der Waals surface area contributed by atoms with Crippen molar-refractivity contribution < 1.29 is 23.9 Å². The maximum atomic E-state index is 13.1. The van der Waals surface area contributed by atoms with Crippen LogP contribution in [0.25, 0.3) is 0 Å². The van der Waals surface area contributed by atoms with Crippen LogP contribution in [0.3, 0.4) is 0 Å². The van der Waals surface area contributed by atoms with E-state index in [4.69, 9.17) is 16.3 Å². The van der Waals surface area contributed by atoms with Crippen LogP contribution >= 0.6 is 11.6 Å². The fourth-order valence-electron chi connectivity index (χ4n) is 3.88. The maximum absolute atomic E-state index is 13.1. The lowest BCUT2D eigenvalue weighted by Gasteiger charge is -2.16. The van der Waals surface area contributed by atoms with Gasteiger partial charge in [0, 0.05) is 16.9 Å². The molecule has 0 saturated heterocycles. The van der Waals surface area contributed by atoms with Gasteiger partial charge in [0.25, 0.3) is 17.7 Å². The lowest BCUT2D eigenvalue weighted by molar-refractivity contribution is -0.120. The number of nitrogens with zero attached hydrogens (tertiary/aromatic N) is 1. The molecule has 0 bridgehead atoms. The molecule has 2 N–H and O–H groups in total. The van der Waals surface area contributed by atoms with Crippen molar-refractivity contribution in [1.82, 2.24) is 0 Å². The van der Waals surface area contributed by atoms with E-state index in [0.29, 0.717) is 34.8 Å². The van der Waals surface area contributed by atoms with E-state index in [1.165, 1.54) is 0 Å². The van der Waals surface area contributed by atoms with Crippen molar-refractivity contribution in [3.63, 3.8) is 0 Å². The minimum Gasteiger partial charge on any atom is -0.462 e. The number of rotatable bonds is 9. The van der Waals surface area contributed by atoms with Crippen molar-refractivity contribution >= 4 is 52.4 Å². The van der Waals surface area contributed by atoms with Crippen molar-refractivity contribution in [2.75, 3.05) is 22.1 Å². The summed E-state index contributed by atoms with van der Waals surface area (Å²) in [7, 11) is 0. The number of esters is 1. The molecule has 1 heterocycles. The summed E-state index contributed by atoms with van der Waals surface area (Å²) in [5, 5.41) is 5.44. The zero-order valence-corrected chi connectivity index (χ0v) is 22.6. The van der Waals surface area contributed by atoms with E-state index in [0.717, 1.165) is 28.9 Å². The molecule has 3 aromatic rings. The Kier molecular flexibility index (Phi) is 8.46. The molecule has 4 rings (SSSR count). The van der Waals surface area contributed by atoms with Crippen LogP contribution in [-0.4, -0.2) is 30.3 Å². The maximum Gasteiger partial charge on any atom is 0.338 e.